The van der Waals surface area contributed by atoms with Gasteiger partial charge in [-0.3, -0.25) is 14.5 Å². The quantitative estimate of drug-likeness (QED) is 0.634. The molecule has 0 saturated carbocycles. The van der Waals surface area contributed by atoms with E-state index in [-0.39, 0.29) is 18.4 Å². The van der Waals surface area contributed by atoms with Gasteiger partial charge in [-0.15, -0.1) is 11.3 Å². The molecule has 0 spiro atoms. The van der Waals surface area contributed by atoms with Crippen molar-refractivity contribution >= 4 is 33.4 Å². The van der Waals surface area contributed by atoms with E-state index in [9.17, 15) is 9.59 Å². The maximum Gasteiger partial charge on any atom is 0.323 e. The third-order valence-electron chi connectivity index (χ3n) is 5.17. The molecule has 0 radical (unpaired) electrons. The van der Waals surface area contributed by atoms with E-state index in [1.807, 2.05) is 47.4 Å². The van der Waals surface area contributed by atoms with Crippen molar-refractivity contribution in [2.24, 2.45) is 0 Å². The second-order valence-electron chi connectivity index (χ2n) is 7.09. The summed E-state index contributed by atoms with van der Waals surface area (Å²) < 4.78 is 6.12. The van der Waals surface area contributed by atoms with Crippen molar-refractivity contribution in [2.45, 2.75) is 25.4 Å². The fraction of sp³-hybridized carbons (Fsp3) is 0.318. The van der Waals surface area contributed by atoms with Crippen molar-refractivity contribution in [1.29, 1.82) is 0 Å². The first-order chi connectivity index (χ1) is 14.1. The van der Waals surface area contributed by atoms with Crippen LogP contribution in [0.3, 0.4) is 0 Å². The van der Waals surface area contributed by atoms with Crippen LogP contribution in [0, 0.1) is 0 Å². The molecule has 7 heteroatoms. The maximum absolute atomic E-state index is 12.5. The summed E-state index contributed by atoms with van der Waals surface area (Å²) in [6, 6.07) is 15.6. The first-order valence-electron chi connectivity index (χ1n) is 9.64. The second kappa shape index (κ2) is 8.71. The van der Waals surface area contributed by atoms with Crippen LogP contribution >= 0.6 is 11.3 Å². The zero-order valence-electron chi connectivity index (χ0n) is 16.3. The molecule has 2 aromatic carbocycles. The number of benzene rings is 2. The van der Waals surface area contributed by atoms with Gasteiger partial charge < -0.3 is 10.1 Å². The Labute approximate surface area is 173 Å². The van der Waals surface area contributed by atoms with Gasteiger partial charge in [-0.1, -0.05) is 36.4 Å². The molecular formula is C22H23N3O3S. The van der Waals surface area contributed by atoms with Crippen LogP contribution in [0.15, 0.2) is 48.5 Å². The van der Waals surface area contributed by atoms with Gasteiger partial charge in [-0.05, 0) is 29.7 Å². The molecule has 1 aromatic heterocycles. The highest BCUT2D eigenvalue weighted by atomic mass is 32.1. The summed E-state index contributed by atoms with van der Waals surface area (Å²) in [6.45, 7) is 1.24. The zero-order chi connectivity index (χ0) is 20.2. The molecule has 0 bridgehead atoms. The number of hydrogen-bond donors (Lipinski definition) is 1. The first kappa shape index (κ1) is 19.5. The summed E-state index contributed by atoms with van der Waals surface area (Å²) in [5.74, 6) is -0.402. The number of ether oxygens (including phenoxy) is 1. The Morgan fingerprint density at radius 1 is 1.17 bits per heavy atom. The van der Waals surface area contributed by atoms with E-state index in [2.05, 4.69) is 16.4 Å². The third-order valence-corrected chi connectivity index (χ3v) is 6.26. The highest BCUT2D eigenvalue weighted by Gasteiger charge is 2.33. The summed E-state index contributed by atoms with van der Waals surface area (Å²) in [5.41, 5.74) is 3.28. The Hall–Kier alpha value is -2.77. The van der Waals surface area contributed by atoms with Crippen LogP contribution < -0.4 is 5.32 Å². The number of aromatic nitrogens is 1. The second-order valence-corrected chi connectivity index (χ2v) is 8.21. The lowest BCUT2D eigenvalue weighted by Crippen LogP contribution is -2.50. The van der Waals surface area contributed by atoms with Crippen molar-refractivity contribution in [3.8, 4) is 0 Å². The number of methoxy groups -OCH3 is 1. The lowest BCUT2D eigenvalue weighted by atomic mass is 9.94. The van der Waals surface area contributed by atoms with Crippen molar-refractivity contribution < 1.29 is 14.3 Å². The highest BCUT2D eigenvalue weighted by Crippen LogP contribution is 2.24. The standard InChI is InChI=1S/C22H23N3O3S/c1-28-22(27)18-12-15-6-2-3-7-16(15)13-25(18)14-20(26)23-11-10-21-24-17-8-4-5-9-19(17)29-21/h2-9,18H,10-14H2,1H3,(H,23,26). The van der Waals surface area contributed by atoms with Gasteiger partial charge in [-0.25, -0.2) is 4.98 Å². The normalized spacial score (nSPS) is 16.4. The molecule has 0 fully saturated rings. The molecule has 1 N–H and O–H groups in total. The average Bonchev–Trinajstić information content (AvgIpc) is 3.15. The first-order valence-corrected chi connectivity index (χ1v) is 10.5. The molecule has 0 saturated heterocycles. The van der Waals surface area contributed by atoms with Gasteiger partial charge in [-0.2, -0.15) is 0 Å². The van der Waals surface area contributed by atoms with E-state index in [1.54, 1.807) is 11.3 Å². The minimum atomic E-state index is -0.440. The largest absolute Gasteiger partial charge is 0.468 e. The Morgan fingerprint density at radius 2 is 1.93 bits per heavy atom. The van der Waals surface area contributed by atoms with Crippen molar-refractivity contribution in [1.82, 2.24) is 15.2 Å². The average molecular weight is 410 g/mol. The van der Waals surface area contributed by atoms with Crippen LogP contribution in [0.25, 0.3) is 10.2 Å². The molecule has 4 rings (SSSR count). The molecule has 29 heavy (non-hydrogen) atoms. The molecule has 2 heterocycles. The topological polar surface area (TPSA) is 71.5 Å². The third kappa shape index (κ3) is 4.46. The Balaban J connectivity index is 1.35. The molecule has 6 nitrogen and oxygen atoms in total. The number of carbonyl (C=O) groups is 2. The predicted octanol–water partition coefficient (Wildman–Crippen LogP) is 2.55. The highest BCUT2D eigenvalue weighted by molar-refractivity contribution is 7.18. The van der Waals surface area contributed by atoms with E-state index in [0.29, 0.717) is 25.9 Å². The van der Waals surface area contributed by atoms with Crippen LogP contribution in [-0.2, 0) is 33.7 Å². The van der Waals surface area contributed by atoms with Crippen LogP contribution in [-0.4, -0.2) is 48.0 Å². The number of nitrogens with one attached hydrogen (secondary N) is 1. The number of para-hydroxylation sites is 1. The molecule has 1 aliphatic heterocycles. The minimum Gasteiger partial charge on any atom is -0.468 e. The van der Waals surface area contributed by atoms with Gasteiger partial charge in [0.1, 0.15) is 6.04 Å². The lowest BCUT2D eigenvalue weighted by Gasteiger charge is -2.34. The molecule has 150 valence electrons. The number of carbonyl (C=O) groups excluding carboxylic acids is 2. The monoisotopic (exact) mass is 409 g/mol. The Morgan fingerprint density at radius 3 is 2.72 bits per heavy atom. The molecule has 1 atom stereocenters. The number of fused-ring (bicyclic) bond motifs is 2. The zero-order valence-corrected chi connectivity index (χ0v) is 17.1. The fourth-order valence-electron chi connectivity index (χ4n) is 3.69. The molecule has 1 unspecified atom stereocenters. The van der Waals surface area contributed by atoms with Crippen LogP contribution in [0.1, 0.15) is 16.1 Å². The summed E-state index contributed by atoms with van der Waals surface area (Å²) in [4.78, 5) is 31.3. The molecule has 3 aromatic rings. The smallest absolute Gasteiger partial charge is 0.323 e. The molecular weight excluding hydrogens is 386 g/mol. The van der Waals surface area contributed by atoms with Crippen molar-refractivity contribution in [3.05, 3.63) is 64.7 Å². The van der Waals surface area contributed by atoms with Crippen LogP contribution in [0.4, 0.5) is 0 Å². The lowest BCUT2D eigenvalue weighted by molar-refractivity contribution is -0.148. The SMILES string of the molecule is COC(=O)C1Cc2ccccc2CN1CC(=O)NCCc1nc2ccccc2s1. The fourth-order valence-corrected chi connectivity index (χ4v) is 4.65. The van der Waals surface area contributed by atoms with E-state index < -0.39 is 6.04 Å². The number of esters is 1. The van der Waals surface area contributed by atoms with Crippen molar-refractivity contribution in [3.63, 3.8) is 0 Å². The summed E-state index contributed by atoms with van der Waals surface area (Å²) in [5, 5.41) is 3.96. The summed E-state index contributed by atoms with van der Waals surface area (Å²) >= 11 is 1.65. The van der Waals surface area contributed by atoms with Gasteiger partial charge in [0.2, 0.25) is 5.91 Å². The summed E-state index contributed by atoms with van der Waals surface area (Å²) in [7, 11) is 1.39. The number of thiazole rings is 1. The Bertz CT molecular complexity index is 1000. The van der Waals surface area contributed by atoms with Gasteiger partial charge >= 0.3 is 5.97 Å². The minimum absolute atomic E-state index is 0.0978. The van der Waals surface area contributed by atoms with Gasteiger partial charge in [0.15, 0.2) is 0 Å². The van der Waals surface area contributed by atoms with Crippen molar-refractivity contribution in [2.75, 3.05) is 20.2 Å². The van der Waals surface area contributed by atoms with Gasteiger partial charge in [0.25, 0.3) is 0 Å². The number of rotatable bonds is 6. The van der Waals surface area contributed by atoms with E-state index >= 15 is 0 Å². The van der Waals surface area contributed by atoms with E-state index in [4.69, 9.17) is 4.74 Å². The number of amides is 1. The number of hydrogen-bond acceptors (Lipinski definition) is 6. The van der Waals surface area contributed by atoms with Crippen LogP contribution in [0.2, 0.25) is 0 Å². The maximum atomic E-state index is 12.5. The van der Waals surface area contributed by atoms with E-state index in [0.717, 1.165) is 26.4 Å². The number of nitrogens with zero attached hydrogens (tertiary/aromatic N) is 2. The van der Waals surface area contributed by atoms with E-state index in [1.165, 1.54) is 7.11 Å². The predicted molar refractivity (Wildman–Crippen MR) is 113 cm³/mol. The van der Waals surface area contributed by atoms with Crippen LogP contribution in [0.5, 0.6) is 0 Å². The van der Waals surface area contributed by atoms with Gasteiger partial charge in [0, 0.05) is 19.5 Å². The molecule has 1 amide bonds. The Kier molecular flexibility index (Phi) is 5.87. The molecule has 0 aliphatic carbocycles. The summed E-state index contributed by atoms with van der Waals surface area (Å²) in [6.07, 6.45) is 1.25. The van der Waals surface area contributed by atoms with Gasteiger partial charge in [0.05, 0.1) is 28.9 Å². The molecule has 1 aliphatic rings.